The van der Waals surface area contributed by atoms with Crippen molar-refractivity contribution in [3.8, 4) is 0 Å². The Morgan fingerprint density at radius 2 is 1.69 bits per heavy atom. The van der Waals surface area contributed by atoms with Crippen LogP contribution in [0.1, 0.15) is 35.4 Å². The molecule has 2 aromatic rings. The summed E-state index contributed by atoms with van der Waals surface area (Å²) in [5, 5.41) is 6.62. The van der Waals surface area contributed by atoms with Gasteiger partial charge in [0.05, 0.1) is 9.77 Å². The third-order valence-corrected chi connectivity index (χ3v) is 8.28. The molecule has 4 rings (SSSR count). The minimum Gasteiger partial charge on any atom is -0.348 e. The summed E-state index contributed by atoms with van der Waals surface area (Å²) >= 11 is 1.03. The molecule has 2 bridgehead atoms. The predicted molar refractivity (Wildman–Crippen MR) is 104 cm³/mol. The maximum absolute atomic E-state index is 12.6. The number of amides is 1. The lowest BCUT2D eigenvalue weighted by atomic mass is 10.00. The van der Waals surface area contributed by atoms with E-state index in [9.17, 15) is 13.2 Å². The SMILES string of the molecule is Cl.O=C(NC1CC2CCC(C1)N2)c1ccc(S(=O)(=O)c2ccccc2)s1. The number of sulfone groups is 1. The standard InChI is InChI=1S/C18H20N2O3S2.ClH/c21-18(20-14-10-12-6-7-13(11-14)19-12)16-8-9-17(24-16)25(22,23)15-4-2-1-3-5-15;/h1-5,8-9,12-14,19H,6-7,10-11H2,(H,20,21);1H. The van der Waals surface area contributed by atoms with Gasteiger partial charge < -0.3 is 10.6 Å². The van der Waals surface area contributed by atoms with Gasteiger partial charge in [-0.25, -0.2) is 8.42 Å². The Bertz CT molecular complexity index is 871. The van der Waals surface area contributed by atoms with Gasteiger partial charge in [0.1, 0.15) is 4.21 Å². The van der Waals surface area contributed by atoms with Crippen LogP contribution in [0.5, 0.6) is 0 Å². The minimum atomic E-state index is -3.56. The smallest absolute Gasteiger partial charge is 0.261 e. The quantitative estimate of drug-likeness (QED) is 0.809. The zero-order valence-electron chi connectivity index (χ0n) is 14.1. The molecule has 2 atom stereocenters. The van der Waals surface area contributed by atoms with E-state index in [1.54, 1.807) is 36.4 Å². The molecule has 5 nitrogen and oxygen atoms in total. The van der Waals surface area contributed by atoms with Crippen LogP contribution in [-0.2, 0) is 9.84 Å². The number of carbonyl (C=O) groups is 1. The van der Waals surface area contributed by atoms with Crippen LogP contribution in [0.4, 0.5) is 0 Å². The molecule has 0 saturated carbocycles. The number of rotatable bonds is 4. The van der Waals surface area contributed by atoms with E-state index in [1.807, 2.05) is 0 Å². The molecule has 3 heterocycles. The number of hydrogen-bond acceptors (Lipinski definition) is 5. The van der Waals surface area contributed by atoms with Crippen molar-refractivity contribution in [2.24, 2.45) is 0 Å². The van der Waals surface area contributed by atoms with Gasteiger partial charge in [-0.1, -0.05) is 18.2 Å². The molecule has 1 aromatic carbocycles. The maximum atomic E-state index is 12.6. The monoisotopic (exact) mass is 412 g/mol. The minimum absolute atomic E-state index is 0. The number of piperidine rings is 1. The van der Waals surface area contributed by atoms with Gasteiger partial charge in [-0.05, 0) is 49.9 Å². The summed E-state index contributed by atoms with van der Waals surface area (Å²) in [6, 6.07) is 12.6. The highest BCUT2D eigenvalue weighted by atomic mass is 35.5. The Hall–Kier alpha value is -1.41. The molecule has 2 saturated heterocycles. The lowest BCUT2D eigenvalue weighted by Gasteiger charge is -2.29. The summed E-state index contributed by atoms with van der Waals surface area (Å²) in [5.41, 5.74) is 0. The Balaban J connectivity index is 0.00000196. The van der Waals surface area contributed by atoms with Crippen LogP contribution < -0.4 is 10.6 Å². The van der Waals surface area contributed by atoms with Gasteiger partial charge in [0.25, 0.3) is 5.91 Å². The second kappa shape index (κ2) is 7.68. The van der Waals surface area contributed by atoms with Crippen molar-refractivity contribution in [3.05, 3.63) is 47.3 Å². The van der Waals surface area contributed by atoms with Crippen LogP contribution in [0.15, 0.2) is 51.6 Å². The van der Waals surface area contributed by atoms with E-state index in [-0.39, 0.29) is 33.5 Å². The summed E-state index contributed by atoms with van der Waals surface area (Å²) in [6.07, 6.45) is 4.25. The molecule has 1 amide bonds. The van der Waals surface area contributed by atoms with Crippen LogP contribution in [0, 0.1) is 0 Å². The molecule has 0 spiro atoms. The fraction of sp³-hybridized carbons (Fsp3) is 0.389. The highest BCUT2D eigenvalue weighted by Gasteiger charge is 2.34. The second-order valence-corrected chi connectivity index (χ2v) is 9.98. The van der Waals surface area contributed by atoms with Crippen LogP contribution in [0.25, 0.3) is 0 Å². The Morgan fingerprint density at radius 3 is 2.35 bits per heavy atom. The lowest BCUT2D eigenvalue weighted by molar-refractivity contribution is 0.0928. The number of hydrogen-bond donors (Lipinski definition) is 2. The second-order valence-electron chi connectivity index (χ2n) is 6.71. The number of fused-ring (bicyclic) bond motifs is 2. The Kier molecular flexibility index (Phi) is 5.72. The Morgan fingerprint density at radius 1 is 1.04 bits per heavy atom. The Labute approximate surface area is 163 Å². The van der Waals surface area contributed by atoms with Gasteiger partial charge in [0, 0.05) is 18.1 Å². The molecule has 2 fully saturated rings. The lowest BCUT2D eigenvalue weighted by Crippen LogP contribution is -2.47. The number of halogens is 1. The largest absolute Gasteiger partial charge is 0.348 e. The van der Waals surface area contributed by atoms with E-state index >= 15 is 0 Å². The van der Waals surface area contributed by atoms with Gasteiger partial charge in [-0.2, -0.15) is 0 Å². The summed E-state index contributed by atoms with van der Waals surface area (Å²) < 4.78 is 25.5. The van der Waals surface area contributed by atoms with Crippen LogP contribution in [0.2, 0.25) is 0 Å². The topological polar surface area (TPSA) is 75.3 Å². The van der Waals surface area contributed by atoms with Crippen molar-refractivity contribution in [3.63, 3.8) is 0 Å². The number of nitrogens with one attached hydrogen (secondary N) is 2. The molecular weight excluding hydrogens is 392 g/mol. The third kappa shape index (κ3) is 3.81. The van der Waals surface area contributed by atoms with E-state index in [1.165, 1.54) is 18.9 Å². The van der Waals surface area contributed by atoms with E-state index in [0.29, 0.717) is 17.0 Å². The van der Waals surface area contributed by atoms with Gasteiger partial charge >= 0.3 is 0 Å². The van der Waals surface area contributed by atoms with E-state index < -0.39 is 9.84 Å². The average molecular weight is 413 g/mol. The van der Waals surface area contributed by atoms with Gasteiger partial charge in [-0.3, -0.25) is 4.79 Å². The highest BCUT2D eigenvalue weighted by molar-refractivity contribution is 7.93. The molecule has 1 aromatic heterocycles. The van der Waals surface area contributed by atoms with Crippen molar-refractivity contribution in [1.29, 1.82) is 0 Å². The van der Waals surface area contributed by atoms with Crippen molar-refractivity contribution >= 4 is 39.5 Å². The average Bonchev–Trinajstić information content (AvgIpc) is 3.23. The fourth-order valence-corrected chi connectivity index (χ4v) is 6.37. The first-order valence-corrected chi connectivity index (χ1v) is 10.8. The summed E-state index contributed by atoms with van der Waals surface area (Å²) in [6.45, 7) is 0. The van der Waals surface area contributed by atoms with Gasteiger partial charge in [0.2, 0.25) is 9.84 Å². The zero-order valence-corrected chi connectivity index (χ0v) is 16.5. The summed E-state index contributed by atoms with van der Waals surface area (Å²) in [5.74, 6) is -0.175. The molecule has 2 aliphatic heterocycles. The molecule has 2 unspecified atom stereocenters. The molecule has 2 aliphatic rings. The first-order chi connectivity index (χ1) is 12.0. The van der Waals surface area contributed by atoms with Crippen molar-refractivity contribution < 1.29 is 13.2 Å². The van der Waals surface area contributed by atoms with Gasteiger partial charge in [-0.15, -0.1) is 23.7 Å². The number of carbonyl (C=O) groups excluding carboxylic acids is 1. The number of thiophene rings is 1. The van der Waals surface area contributed by atoms with Crippen LogP contribution >= 0.6 is 23.7 Å². The zero-order chi connectivity index (χ0) is 17.4. The third-order valence-electron chi connectivity index (χ3n) is 4.93. The van der Waals surface area contributed by atoms with E-state index in [0.717, 1.165) is 24.2 Å². The molecular formula is C18H21ClN2O3S2. The van der Waals surface area contributed by atoms with E-state index in [4.69, 9.17) is 0 Å². The van der Waals surface area contributed by atoms with Crippen LogP contribution in [-0.4, -0.2) is 32.5 Å². The van der Waals surface area contributed by atoms with E-state index in [2.05, 4.69) is 10.6 Å². The summed E-state index contributed by atoms with van der Waals surface area (Å²) in [4.78, 5) is 13.2. The van der Waals surface area contributed by atoms with Crippen molar-refractivity contribution in [2.75, 3.05) is 0 Å². The molecule has 2 N–H and O–H groups in total. The highest BCUT2D eigenvalue weighted by Crippen LogP contribution is 2.29. The first kappa shape index (κ1) is 19.4. The fourth-order valence-electron chi connectivity index (χ4n) is 3.73. The maximum Gasteiger partial charge on any atom is 0.261 e. The van der Waals surface area contributed by atoms with Crippen LogP contribution in [0.3, 0.4) is 0 Å². The number of benzene rings is 1. The van der Waals surface area contributed by atoms with Gasteiger partial charge in [0.15, 0.2) is 0 Å². The molecule has 140 valence electrons. The first-order valence-electron chi connectivity index (χ1n) is 8.49. The molecule has 8 heteroatoms. The molecule has 0 aliphatic carbocycles. The molecule has 0 radical (unpaired) electrons. The molecule has 26 heavy (non-hydrogen) atoms. The normalized spacial score (nSPS) is 24.7. The summed E-state index contributed by atoms with van der Waals surface area (Å²) in [7, 11) is -3.56. The predicted octanol–water partition coefficient (Wildman–Crippen LogP) is 3.02. The van der Waals surface area contributed by atoms with Crippen molar-refractivity contribution in [1.82, 2.24) is 10.6 Å². The van der Waals surface area contributed by atoms with Crippen molar-refractivity contribution in [2.45, 2.75) is 52.9 Å².